The maximum absolute atomic E-state index is 12.3. The largest absolute Gasteiger partial charge is 0.465 e. The summed E-state index contributed by atoms with van der Waals surface area (Å²) in [6, 6.07) is 5.15. The van der Waals surface area contributed by atoms with E-state index in [1.165, 1.54) is 7.11 Å². The van der Waals surface area contributed by atoms with Gasteiger partial charge in [0.2, 0.25) is 0 Å². The van der Waals surface area contributed by atoms with Crippen LogP contribution in [0.3, 0.4) is 0 Å². The zero-order valence-corrected chi connectivity index (χ0v) is 10.9. The van der Waals surface area contributed by atoms with E-state index in [4.69, 9.17) is 0 Å². The molecule has 1 fully saturated rings. The van der Waals surface area contributed by atoms with Gasteiger partial charge in [0.25, 0.3) is 0 Å². The molecule has 3 nitrogen and oxygen atoms in total. The molecule has 96 valence electrons. The van der Waals surface area contributed by atoms with Crippen LogP contribution in [0.4, 0.5) is 0 Å². The maximum atomic E-state index is 12.3. The Morgan fingerprint density at radius 1 is 1.22 bits per heavy atom. The van der Waals surface area contributed by atoms with Crippen molar-refractivity contribution in [3.63, 3.8) is 0 Å². The van der Waals surface area contributed by atoms with Crippen LogP contribution in [0.5, 0.6) is 0 Å². The molecule has 1 aliphatic carbocycles. The molecule has 0 atom stereocenters. The molecule has 1 aliphatic rings. The number of benzene rings is 1. The average Bonchev–Trinajstić information content (AvgIpc) is 2.90. The van der Waals surface area contributed by atoms with E-state index in [1.807, 2.05) is 6.92 Å². The van der Waals surface area contributed by atoms with Gasteiger partial charge in [-0.3, -0.25) is 4.79 Å². The fourth-order valence-electron chi connectivity index (χ4n) is 2.59. The van der Waals surface area contributed by atoms with Gasteiger partial charge < -0.3 is 4.74 Å². The summed E-state index contributed by atoms with van der Waals surface area (Å²) in [5.41, 5.74) is 2.10. The Labute approximate surface area is 107 Å². The van der Waals surface area contributed by atoms with Gasteiger partial charge in [-0.2, -0.15) is 0 Å². The molecular formula is C15H18O3. The fourth-order valence-corrected chi connectivity index (χ4v) is 2.59. The van der Waals surface area contributed by atoms with Crippen molar-refractivity contribution < 1.29 is 14.3 Å². The van der Waals surface area contributed by atoms with Crippen molar-refractivity contribution in [2.45, 2.75) is 32.6 Å². The second kappa shape index (κ2) is 5.34. The van der Waals surface area contributed by atoms with E-state index in [0.29, 0.717) is 5.56 Å². The molecule has 0 radical (unpaired) electrons. The number of esters is 1. The normalized spacial score (nSPS) is 15.7. The molecule has 1 aromatic carbocycles. The van der Waals surface area contributed by atoms with Crippen molar-refractivity contribution in [2.24, 2.45) is 5.92 Å². The van der Waals surface area contributed by atoms with Crippen molar-refractivity contribution in [3.8, 4) is 0 Å². The number of ketones is 1. The SMILES string of the molecule is COC(=O)c1ccc(C(=O)C2CCCC2)c(C)c1. The van der Waals surface area contributed by atoms with Crippen molar-refractivity contribution in [1.29, 1.82) is 0 Å². The number of carbonyl (C=O) groups is 2. The Balaban J connectivity index is 2.24. The summed E-state index contributed by atoms with van der Waals surface area (Å²) in [6.45, 7) is 1.87. The molecule has 2 rings (SSSR count). The number of carbonyl (C=O) groups excluding carboxylic acids is 2. The van der Waals surface area contributed by atoms with E-state index in [1.54, 1.807) is 18.2 Å². The molecule has 18 heavy (non-hydrogen) atoms. The van der Waals surface area contributed by atoms with Crippen molar-refractivity contribution in [2.75, 3.05) is 7.11 Å². The van der Waals surface area contributed by atoms with E-state index < -0.39 is 0 Å². The van der Waals surface area contributed by atoms with E-state index >= 15 is 0 Å². The van der Waals surface area contributed by atoms with Gasteiger partial charge in [0, 0.05) is 11.5 Å². The molecule has 0 aliphatic heterocycles. The lowest BCUT2D eigenvalue weighted by Crippen LogP contribution is -2.13. The highest BCUT2D eigenvalue weighted by atomic mass is 16.5. The zero-order chi connectivity index (χ0) is 13.1. The smallest absolute Gasteiger partial charge is 0.337 e. The van der Waals surface area contributed by atoms with E-state index in [9.17, 15) is 9.59 Å². The number of Topliss-reactive ketones (excluding diaryl/α,β-unsaturated/α-hetero) is 1. The number of hydrogen-bond donors (Lipinski definition) is 0. The first-order valence-electron chi connectivity index (χ1n) is 6.36. The zero-order valence-electron chi connectivity index (χ0n) is 10.9. The summed E-state index contributed by atoms with van der Waals surface area (Å²) in [6.07, 6.45) is 4.29. The monoisotopic (exact) mass is 246 g/mol. The summed E-state index contributed by atoms with van der Waals surface area (Å²) in [5.74, 6) is 0.0343. The highest BCUT2D eigenvalue weighted by molar-refractivity contribution is 6.00. The predicted octanol–water partition coefficient (Wildman–Crippen LogP) is 3.15. The molecule has 0 unspecified atom stereocenters. The summed E-state index contributed by atoms with van der Waals surface area (Å²) in [7, 11) is 1.36. The third kappa shape index (κ3) is 2.45. The molecule has 3 heteroatoms. The summed E-state index contributed by atoms with van der Waals surface area (Å²) in [4.78, 5) is 23.7. The Morgan fingerprint density at radius 2 is 1.89 bits per heavy atom. The van der Waals surface area contributed by atoms with Crippen LogP contribution in [0.25, 0.3) is 0 Å². The molecule has 1 saturated carbocycles. The van der Waals surface area contributed by atoms with Crippen LogP contribution in [0.2, 0.25) is 0 Å². The minimum atomic E-state index is -0.363. The summed E-state index contributed by atoms with van der Waals surface area (Å²) < 4.78 is 4.67. The first-order chi connectivity index (χ1) is 8.63. The molecule has 0 saturated heterocycles. The summed E-state index contributed by atoms with van der Waals surface area (Å²) in [5, 5.41) is 0. The molecule has 0 amide bonds. The molecule has 0 spiro atoms. The van der Waals surface area contributed by atoms with Crippen LogP contribution in [-0.2, 0) is 4.74 Å². The van der Waals surface area contributed by atoms with Crippen LogP contribution in [-0.4, -0.2) is 18.9 Å². The predicted molar refractivity (Wildman–Crippen MR) is 68.8 cm³/mol. The highest BCUT2D eigenvalue weighted by Crippen LogP contribution is 2.29. The Kier molecular flexibility index (Phi) is 3.80. The number of aryl methyl sites for hydroxylation is 1. The Hall–Kier alpha value is -1.64. The quantitative estimate of drug-likeness (QED) is 0.607. The third-order valence-electron chi connectivity index (χ3n) is 3.64. The first kappa shape index (κ1) is 12.8. The van der Waals surface area contributed by atoms with Crippen LogP contribution in [0.15, 0.2) is 18.2 Å². The topological polar surface area (TPSA) is 43.4 Å². The molecular weight excluding hydrogens is 228 g/mol. The van der Waals surface area contributed by atoms with Crippen LogP contribution in [0.1, 0.15) is 52.0 Å². The van der Waals surface area contributed by atoms with Crippen molar-refractivity contribution >= 4 is 11.8 Å². The number of methoxy groups -OCH3 is 1. The molecule has 1 aromatic rings. The number of ether oxygens (including phenoxy) is 1. The van der Waals surface area contributed by atoms with Crippen LogP contribution < -0.4 is 0 Å². The molecule has 0 heterocycles. The maximum Gasteiger partial charge on any atom is 0.337 e. The van der Waals surface area contributed by atoms with Gasteiger partial charge in [-0.1, -0.05) is 18.9 Å². The average molecular weight is 246 g/mol. The van der Waals surface area contributed by atoms with E-state index in [-0.39, 0.29) is 17.7 Å². The van der Waals surface area contributed by atoms with Gasteiger partial charge in [-0.25, -0.2) is 4.79 Å². The standard InChI is InChI=1S/C15H18O3/c1-10-9-12(15(17)18-2)7-8-13(10)14(16)11-5-3-4-6-11/h7-9,11H,3-6H2,1-2H3. The highest BCUT2D eigenvalue weighted by Gasteiger charge is 2.25. The van der Waals surface area contributed by atoms with Gasteiger partial charge in [-0.05, 0) is 37.5 Å². The van der Waals surface area contributed by atoms with Gasteiger partial charge >= 0.3 is 5.97 Å². The minimum Gasteiger partial charge on any atom is -0.465 e. The van der Waals surface area contributed by atoms with Crippen molar-refractivity contribution in [1.82, 2.24) is 0 Å². The van der Waals surface area contributed by atoms with Gasteiger partial charge in [0.1, 0.15) is 0 Å². The van der Waals surface area contributed by atoms with Gasteiger partial charge in [-0.15, -0.1) is 0 Å². The third-order valence-corrected chi connectivity index (χ3v) is 3.64. The Morgan fingerprint density at radius 3 is 2.44 bits per heavy atom. The van der Waals surface area contributed by atoms with Crippen LogP contribution >= 0.6 is 0 Å². The lowest BCUT2D eigenvalue weighted by atomic mass is 9.92. The van der Waals surface area contributed by atoms with Crippen molar-refractivity contribution in [3.05, 3.63) is 34.9 Å². The first-order valence-corrected chi connectivity index (χ1v) is 6.36. The summed E-state index contributed by atoms with van der Waals surface area (Å²) >= 11 is 0. The number of hydrogen-bond acceptors (Lipinski definition) is 3. The molecule has 0 bridgehead atoms. The molecule has 0 aromatic heterocycles. The second-order valence-electron chi connectivity index (χ2n) is 4.87. The minimum absolute atomic E-state index is 0.174. The van der Waals surface area contributed by atoms with E-state index in [0.717, 1.165) is 36.8 Å². The van der Waals surface area contributed by atoms with E-state index in [2.05, 4.69) is 4.74 Å². The van der Waals surface area contributed by atoms with Gasteiger partial charge in [0.05, 0.1) is 12.7 Å². The second-order valence-corrected chi connectivity index (χ2v) is 4.87. The molecule has 0 N–H and O–H groups in total. The van der Waals surface area contributed by atoms with Crippen LogP contribution in [0, 0.1) is 12.8 Å². The van der Waals surface area contributed by atoms with Gasteiger partial charge in [0.15, 0.2) is 5.78 Å². The Bertz CT molecular complexity index is 471. The number of rotatable bonds is 3. The fraction of sp³-hybridized carbons (Fsp3) is 0.467. The lowest BCUT2D eigenvalue weighted by molar-refractivity contribution is 0.0600. The lowest BCUT2D eigenvalue weighted by Gasteiger charge is -2.11.